The van der Waals surface area contributed by atoms with Gasteiger partial charge in [-0.05, 0) is 31.0 Å². The van der Waals surface area contributed by atoms with Crippen molar-refractivity contribution in [2.24, 2.45) is 13.0 Å². The van der Waals surface area contributed by atoms with Crippen LogP contribution in [0.1, 0.15) is 38.4 Å². The molecule has 19 heavy (non-hydrogen) atoms. The first kappa shape index (κ1) is 12.2. The lowest BCUT2D eigenvalue weighted by Gasteiger charge is -2.07. The molecule has 4 heteroatoms. The predicted octanol–water partition coefficient (Wildman–Crippen LogP) is 3.05. The van der Waals surface area contributed by atoms with Crippen LogP contribution >= 0.6 is 0 Å². The second kappa shape index (κ2) is 4.37. The van der Waals surface area contributed by atoms with Gasteiger partial charge in [-0.2, -0.15) is 0 Å². The van der Waals surface area contributed by atoms with Crippen LogP contribution in [0.25, 0.3) is 11.0 Å². The Morgan fingerprint density at radius 3 is 2.79 bits per heavy atom. The van der Waals surface area contributed by atoms with Gasteiger partial charge in [-0.3, -0.25) is 4.79 Å². The van der Waals surface area contributed by atoms with E-state index in [-0.39, 0.29) is 11.8 Å². The number of carbonyl (C=O) groups is 1. The molecule has 0 radical (unpaired) electrons. The molecule has 100 valence electrons. The normalized spacial score (nSPS) is 15.2. The number of imidazole rings is 1. The maximum absolute atomic E-state index is 11.7. The van der Waals surface area contributed by atoms with Crippen LogP contribution < -0.4 is 5.32 Å². The summed E-state index contributed by atoms with van der Waals surface area (Å²) in [7, 11) is 2.06. The van der Waals surface area contributed by atoms with Crippen molar-refractivity contribution in [2.45, 2.75) is 32.6 Å². The Balaban J connectivity index is 1.94. The monoisotopic (exact) mass is 257 g/mol. The van der Waals surface area contributed by atoms with Gasteiger partial charge in [0.2, 0.25) is 5.91 Å². The molecule has 0 aliphatic heterocycles. The van der Waals surface area contributed by atoms with Crippen molar-refractivity contribution in [3.63, 3.8) is 0 Å². The minimum atomic E-state index is -0.0125. The fourth-order valence-corrected chi connectivity index (χ4v) is 2.29. The van der Waals surface area contributed by atoms with Crippen LogP contribution in [-0.4, -0.2) is 15.5 Å². The number of benzene rings is 1. The molecule has 0 saturated heterocycles. The highest BCUT2D eigenvalue weighted by Gasteiger charge is 2.28. The third-order valence-corrected chi connectivity index (χ3v) is 3.65. The number of amides is 1. The second-order valence-corrected chi connectivity index (χ2v) is 5.65. The van der Waals surface area contributed by atoms with E-state index < -0.39 is 0 Å². The number of fused-ring (bicyclic) bond motifs is 1. The van der Waals surface area contributed by atoms with E-state index in [9.17, 15) is 4.79 Å². The zero-order valence-corrected chi connectivity index (χ0v) is 11.6. The van der Waals surface area contributed by atoms with Crippen LogP contribution in [0.2, 0.25) is 0 Å². The van der Waals surface area contributed by atoms with E-state index in [0.29, 0.717) is 5.92 Å². The lowest BCUT2D eigenvalue weighted by Crippen LogP contribution is -2.17. The number of carbonyl (C=O) groups excluding carboxylic acids is 1. The lowest BCUT2D eigenvalue weighted by atomic mass is 10.2. The van der Waals surface area contributed by atoms with E-state index in [0.717, 1.165) is 16.7 Å². The van der Waals surface area contributed by atoms with Crippen LogP contribution in [0.3, 0.4) is 0 Å². The van der Waals surface area contributed by atoms with Crippen LogP contribution in [0.15, 0.2) is 18.2 Å². The fraction of sp³-hybridized carbons (Fsp3) is 0.467. The first-order valence-corrected chi connectivity index (χ1v) is 6.83. The summed E-state index contributed by atoms with van der Waals surface area (Å²) in [6.45, 7) is 3.78. The number of nitrogens with one attached hydrogen (secondary N) is 1. The standard InChI is InChI=1S/C15H19N3O/c1-9(2)15(19)16-11-6-7-13-12(8-11)17-14(18(13)3)10-4-5-10/h6-10H,4-5H2,1-3H3,(H,16,19). The van der Waals surface area contributed by atoms with Crippen LogP contribution in [0.5, 0.6) is 0 Å². The molecule has 1 amide bonds. The average molecular weight is 257 g/mol. The quantitative estimate of drug-likeness (QED) is 0.918. The van der Waals surface area contributed by atoms with Crippen molar-refractivity contribution in [3.05, 3.63) is 24.0 Å². The molecular weight excluding hydrogens is 238 g/mol. The Labute approximate surface area is 112 Å². The highest BCUT2D eigenvalue weighted by molar-refractivity contribution is 5.94. The van der Waals surface area contributed by atoms with E-state index in [1.165, 1.54) is 18.7 Å². The van der Waals surface area contributed by atoms with E-state index >= 15 is 0 Å². The molecule has 1 saturated carbocycles. The number of rotatable bonds is 3. The van der Waals surface area contributed by atoms with Crippen molar-refractivity contribution >= 4 is 22.6 Å². The van der Waals surface area contributed by atoms with Crippen molar-refractivity contribution in [1.29, 1.82) is 0 Å². The summed E-state index contributed by atoms with van der Waals surface area (Å²) in [5, 5.41) is 2.92. The number of anilines is 1. The summed E-state index contributed by atoms with van der Waals surface area (Å²) in [4.78, 5) is 16.4. The molecule has 1 N–H and O–H groups in total. The second-order valence-electron chi connectivity index (χ2n) is 5.65. The topological polar surface area (TPSA) is 46.9 Å². The lowest BCUT2D eigenvalue weighted by molar-refractivity contribution is -0.118. The van der Waals surface area contributed by atoms with E-state index in [4.69, 9.17) is 4.98 Å². The van der Waals surface area contributed by atoms with E-state index in [1.54, 1.807) is 0 Å². The number of aromatic nitrogens is 2. The van der Waals surface area contributed by atoms with E-state index in [2.05, 4.69) is 16.9 Å². The SMILES string of the molecule is CC(C)C(=O)Nc1ccc2c(c1)nc(C1CC1)n2C. The molecule has 0 atom stereocenters. The summed E-state index contributed by atoms with van der Waals surface area (Å²) in [6.07, 6.45) is 2.49. The van der Waals surface area contributed by atoms with Crippen LogP contribution in [0, 0.1) is 5.92 Å². The Morgan fingerprint density at radius 1 is 1.42 bits per heavy atom. The van der Waals surface area contributed by atoms with Gasteiger partial charge in [0, 0.05) is 24.6 Å². The molecule has 0 spiro atoms. The molecule has 1 aromatic carbocycles. The molecule has 0 unspecified atom stereocenters. The Hall–Kier alpha value is -1.84. The van der Waals surface area contributed by atoms with E-state index in [1.807, 2.05) is 32.0 Å². The molecule has 0 bridgehead atoms. The highest BCUT2D eigenvalue weighted by atomic mass is 16.1. The zero-order valence-electron chi connectivity index (χ0n) is 11.6. The average Bonchev–Trinajstić information content (AvgIpc) is 3.15. The first-order chi connectivity index (χ1) is 9.06. The molecule has 1 aliphatic carbocycles. The van der Waals surface area contributed by atoms with Gasteiger partial charge < -0.3 is 9.88 Å². The Bertz CT molecular complexity index is 638. The molecule has 2 aromatic rings. The van der Waals surface area contributed by atoms with Crippen LogP contribution in [0.4, 0.5) is 5.69 Å². The van der Waals surface area contributed by atoms with Gasteiger partial charge in [-0.15, -0.1) is 0 Å². The summed E-state index contributed by atoms with van der Waals surface area (Å²) in [5.74, 6) is 1.83. The summed E-state index contributed by atoms with van der Waals surface area (Å²) >= 11 is 0. The predicted molar refractivity (Wildman–Crippen MR) is 76.2 cm³/mol. The van der Waals surface area contributed by atoms with Crippen molar-refractivity contribution in [2.75, 3.05) is 5.32 Å². The van der Waals surface area contributed by atoms with Crippen molar-refractivity contribution in [3.8, 4) is 0 Å². The minimum Gasteiger partial charge on any atom is -0.331 e. The smallest absolute Gasteiger partial charge is 0.226 e. The molecule has 3 rings (SSSR count). The zero-order chi connectivity index (χ0) is 13.6. The van der Waals surface area contributed by atoms with Gasteiger partial charge in [0.15, 0.2) is 0 Å². The van der Waals surface area contributed by atoms with Crippen LogP contribution in [-0.2, 0) is 11.8 Å². The number of nitrogens with zero attached hydrogens (tertiary/aromatic N) is 2. The third-order valence-electron chi connectivity index (χ3n) is 3.65. The molecule has 1 fully saturated rings. The highest BCUT2D eigenvalue weighted by Crippen LogP contribution is 2.40. The molecular formula is C15H19N3O. The molecule has 4 nitrogen and oxygen atoms in total. The van der Waals surface area contributed by atoms with Gasteiger partial charge in [0.25, 0.3) is 0 Å². The number of hydrogen-bond donors (Lipinski definition) is 1. The summed E-state index contributed by atoms with van der Waals surface area (Å²) < 4.78 is 2.17. The van der Waals surface area contributed by atoms with Gasteiger partial charge in [-0.25, -0.2) is 4.98 Å². The molecule has 1 aromatic heterocycles. The molecule has 1 heterocycles. The fourth-order valence-electron chi connectivity index (χ4n) is 2.29. The van der Waals surface area contributed by atoms with Crippen molar-refractivity contribution < 1.29 is 4.79 Å². The van der Waals surface area contributed by atoms with Crippen molar-refractivity contribution in [1.82, 2.24) is 9.55 Å². The maximum atomic E-state index is 11.7. The molecule has 1 aliphatic rings. The first-order valence-electron chi connectivity index (χ1n) is 6.83. The Kier molecular flexibility index (Phi) is 2.81. The minimum absolute atomic E-state index is 0.0125. The van der Waals surface area contributed by atoms with Gasteiger partial charge in [-0.1, -0.05) is 13.8 Å². The van der Waals surface area contributed by atoms with Gasteiger partial charge >= 0.3 is 0 Å². The van der Waals surface area contributed by atoms with Gasteiger partial charge in [0.05, 0.1) is 11.0 Å². The number of hydrogen-bond acceptors (Lipinski definition) is 2. The largest absolute Gasteiger partial charge is 0.331 e. The Morgan fingerprint density at radius 2 is 2.16 bits per heavy atom. The summed E-state index contributed by atoms with van der Waals surface area (Å²) in [6, 6.07) is 5.94. The summed E-state index contributed by atoms with van der Waals surface area (Å²) in [5.41, 5.74) is 2.92. The third kappa shape index (κ3) is 2.23. The maximum Gasteiger partial charge on any atom is 0.226 e. The van der Waals surface area contributed by atoms with Gasteiger partial charge in [0.1, 0.15) is 5.82 Å². The number of aryl methyl sites for hydroxylation is 1.